The van der Waals surface area contributed by atoms with Crippen LogP contribution in [-0.4, -0.2) is 10.7 Å². The number of fused-ring (bicyclic) bond motifs is 3. The molecule has 26 heavy (non-hydrogen) atoms. The minimum Gasteiger partial charge on any atom is -0.464 e. The van der Waals surface area contributed by atoms with Crippen LogP contribution in [0.4, 0.5) is 0 Å². The van der Waals surface area contributed by atoms with E-state index in [0.717, 1.165) is 43.7 Å². The molecule has 6 heteroatoms. The van der Waals surface area contributed by atoms with Crippen LogP contribution in [0.25, 0.3) is 0 Å². The molecule has 0 amide bonds. The molecule has 1 aromatic heterocycles. The Morgan fingerprint density at radius 2 is 1.81 bits per heavy atom. The van der Waals surface area contributed by atoms with Crippen molar-refractivity contribution in [2.24, 2.45) is 5.10 Å². The van der Waals surface area contributed by atoms with Crippen LogP contribution in [0.15, 0.2) is 79.3 Å². The zero-order valence-electron chi connectivity index (χ0n) is 13.6. The van der Waals surface area contributed by atoms with Crippen molar-refractivity contribution in [1.29, 1.82) is 0 Å². The van der Waals surface area contributed by atoms with Crippen molar-refractivity contribution < 1.29 is 9.15 Å². The molecular formula is C20H14Br2N2O2. The van der Waals surface area contributed by atoms with Crippen molar-refractivity contribution >= 4 is 37.6 Å². The number of hydrazone groups is 1. The summed E-state index contributed by atoms with van der Waals surface area (Å²) in [5.74, 6) is 1.71. The molecule has 0 fully saturated rings. The van der Waals surface area contributed by atoms with Crippen LogP contribution in [0.2, 0.25) is 0 Å². The second-order valence-electron chi connectivity index (χ2n) is 6.33. The molecule has 4 nitrogen and oxygen atoms in total. The van der Waals surface area contributed by atoms with Gasteiger partial charge in [-0.1, -0.05) is 44.0 Å². The molecule has 0 saturated carbocycles. The van der Waals surface area contributed by atoms with E-state index in [2.05, 4.69) is 55.1 Å². The first kappa shape index (κ1) is 16.1. The Bertz CT molecular complexity index is 984. The van der Waals surface area contributed by atoms with Crippen molar-refractivity contribution in [3.05, 3.63) is 86.7 Å². The van der Waals surface area contributed by atoms with Crippen LogP contribution in [-0.2, 0) is 0 Å². The fourth-order valence-corrected chi connectivity index (χ4v) is 4.14. The highest BCUT2D eigenvalue weighted by Crippen LogP contribution is 2.48. The summed E-state index contributed by atoms with van der Waals surface area (Å²) in [6.45, 7) is 0. The maximum atomic E-state index is 6.34. The SMILES string of the molecule is Brc1ccc([C@H]2Oc3ccc(Br)cc3[C@H]3CC(c4ccco4)=NN32)cc1. The van der Waals surface area contributed by atoms with Crippen LogP contribution < -0.4 is 4.74 Å². The average Bonchev–Trinajstić information content (AvgIpc) is 3.32. The molecule has 2 aliphatic rings. The molecule has 2 atom stereocenters. The normalized spacial score (nSPS) is 21.0. The monoisotopic (exact) mass is 472 g/mol. The second kappa shape index (κ2) is 6.28. The number of rotatable bonds is 2. The van der Waals surface area contributed by atoms with Gasteiger partial charge in [0.25, 0.3) is 0 Å². The number of ether oxygens (including phenoxy) is 1. The summed E-state index contributed by atoms with van der Waals surface area (Å²) in [5.41, 5.74) is 3.15. The Hall–Kier alpha value is -2.05. The molecule has 3 aromatic rings. The number of hydrogen-bond donors (Lipinski definition) is 0. The Kier molecular flexibility index (Phi) is 3.90. The summed E-state index contributed by atoms with van der Waals surface area (Å²) in [5, 5.41) is 6.92. The third kappa shape index (κ3) is 2.68. The Labute approximate surface area is 167 Å². The second-order valence-corrected chi connectivity index (χ2v) is 8.16. The van der Waals surface area contributed by atoms with Crippen LogP contribution in [0.1, 0.15) is 35.6 Å². The lowest BCUT2D eigenvalue weighted by molar-refractivity contribution is -0.0190. The maximum Gasteiger partial charge on any atom is 0.213 e. The van der Waals surface area contributed by atoms with Gasteiger partial charge in [-0.25, -0.2) is 5.01 Å². The predicted molar refractivity (Wildman–Crippen MR) is 106 cm³/mol. The quantitative estimate of drug-likeness (QED) is 0.454. The van der Waals surface area contributed by atoms with E-state index in [9.17, 15) is 0 Å². The standard InChI is InChI=1S/C20H14Br2N2O2/c21-13-5-3-12(4-6-13)20-24-17(11-16(23-24)19-2-1-9-25-19)15-10-14(22)7-8-18(15)26-20/h1-10,17,20H,11H2/t17-,20-/m1/s1. The number of furan rings is 1. The molecule has 0 N–H and O–H groups in total. The van der Waals surface area contributed by atoms with Gasteiger partial charge in [0.2, 0.25) is 6.23 Å². The zero-order chi connectivity index (χ0) is 17.7. The van der Waals surface area contributed by atoms with E-state index in [-0.39, 0.29) is 12.3 Å². The van der Waals surface area contributed by atoms with Gasteiger partial charge in [0.15, 0.2) is 0 Å². The first-order valence-corrected chi connectivity index (χ1v) is 9.89. The van der Waals surface area contributed by atoms with Gasteiger partial charge in [-0.15, -0.1) is 0 Å². The van der Waals surface area contributed by atoms with E-state index >= 15 is 0 Å². The molecule has 5 rings (SSSR count). The largest absolute Gasteiger partial charge is 0.464 e. The average molecular weight is 474 g/mol. The Morgan fingerprint density at radius 3 is 2.58 bits per heavy atom. The first-order valence-electron chi connectivity index (χ1n) is 8.30. The van der Waals surface area contributed by atoms with Crippen LogP contribution in [0.5, 0.6) is 5.75 Å². The van der Waals surface area contributed by atoms with Crippen molar-refractivity contribution in [3.8, 4) is 5.75 Å². The van der Waals surface area contributed by atoms with E-state index < -0.39 is 0 Å². The molecule has 3 heterocycles. The van der Waals surface area contributed by atoms with Crippen LogP contribution in [0.3, 0.4) is 0 Å². The molecule has 2 aliphatic heterocycles. The number of halogens is 2. The van der Waals surface area contributed by atoms with Crippen LogP contribution in [0, 0.1) is 0 Å². The van der Waals surface area contributed by atoms with E-state index in [1.807, 2.05) is 36.4 Å². The topological polar surface area (TPSA) is 38.0 Å². The molecule has 2 aromatic carbocycles. The molecule has 0 spiro atoms. The molecule has 0 unspecified atom stereocenters. The predicted octanol–water partition coefficient (Wildman–Crippen LogP) is 6.05. The third-order valence-corrected chi connectivity index (χ3v) is 5.73. The molecule has 0 radical (unpaired) electrons. The third-order valence-electron chi connectivity index (χ3n) is 4.71. The highest BCUT2D eigenvalue weighted by molar-refractivity contribution is 9.10. The van der Waals surface area contributed by atoms with Gasteiger partial charge in [-0.05, 0) is 42.5 Å². The summed E-state index contributed by atoms with van der Waals surface area (Å²) in [6, 6.07) is 18.3. The summed E-state index contributed by atoms with van der Waals surface area (Å²) in [4.78, 5) is 0. The molecule has 0 bridgehead atoms. The number of hydrogen-bond acceptors (Lipinski definition) is 4. The number of benzene rings is 2. The van der Waals surface area contributed by atoms with Crippen LogP contribution >= 0.6 is 31.9 Å². The number of nitrogens with zero attached hydrogens (tertiary/aromatic N) is 2. The van der Waals surface area contributed by atoms with E-state index in [1.165, 1.54) is 0 Å². The van der Waals surface area contributed by atoms with Gasteiger partial charge in [0, 0.05) is 26.5 Å². The first-order chi connectivity index (χ1) is 12.7. The molecule has 0 saturated heterocycles. The lowest BCUT2D eigenvalue weighted by atomic mass is 9.97. The Morgan fingerprint density at radius 1 is 1.00 bits per heavy atom. The van der Waals surface area contributed by atoms with Crippen molar-refractivity contribution in [2.45, 2.75) is 18.7 Å². The van der Waals surface area contributed by atoms with Crippen molar-refractivity contribution in [1.82, 2.24) is 5.01 Å². The van der Waals surface area contributed by atoms with Gasteiger partial charge in [0.05, 0.1) is 12.3 Å². The summed E-state index contributed by atoms with van der Waals surface area (Å²) in [6.07, 6.45) is 2.20. The fourth-order valence-electron chi connectivity index (χ4n) is 3.50. The lowest BCUT2D eigenvalue weighted by Gasteiger charge is -2.38. The molecule has 0 aliphatic carbocycles. The van der Waals surface area contributed by atoms with E-state index in [1.54, 1.807) is 6.26 Å². The van der Waals surface area contributed by atoms with Gasteiger partial charge in [-0.2, -0.15) is 5.10 Å². The van der Waals surface area contributed by atoms with Gasteiger partial charge in [-0.3, -0.25) is 0 Å². The smallest absolute Gasteiger partial charge is 0.213 e. The highest BCUT2D eigenvalue weighted by Gasteiger charge is 2.41. The van der Waals surface area contributed by atoms with E-state index in [4.69, 9.17) is 14.3 Å². The fraction of sp³-hybridized carbons (Fsp3) is 0.150. The van der Waals surface area contributed by atoms with Gasteiger partial charge in [0.1, 0.15) is 17.2 Å². The summed E-state index contributed by atoms with van der Waals surface area (Å²) < 4.78 is 14.0. The highest BCUT2D eigenvalue weighted by atomic mass is 79.9. The van der Waals surface area contributed by atoms with Gasteiger partial charge >= 0.3 is 0 Å². The Balaban J connectivity index is 1.61. The minimum atomic E-state index is -0.269. The summed E-state index contributed by atoms with van der Waals surface area (Å²) >= 11 is 7.07. The van der Waals surface area contributed by atoms with E-state index in [0.29, 0.717) is 0 Å². The van der Waals surface area contributed by atoms with Crippen molar-refractivity contribution in [3.63, 3.8) is 0 Å². The maximum absolute atomic E-state index is 6.34. The summed E-state index contributed by atoms with van der Waals surface area (Å²) in [7, 11) is 0. The minimum absolute atomic E-state index is 0.116. The van der Waals surface area contributed by atoms with Gasteiger partial charge < -0.3 is 9.15 Å². The zero-order valence-corrected chi connectivity index (χ0v) is 16.8. The molecular weight excluding hydrogens is 460 g/mol. The van der Waals surface area contributed by atoms with Crippen molar-refractivity contribution in [2.75, 3.05) is 0 Å². The molecule has 130 valence electrons. The lowest BCUT2D eigenvalue weighted by Crippen LogP contribution is -2.33.